The van der Waals surface area contributed by atoms with E-state index in [9.17, 15) is 0 Å². The number of likely N-dealkylation sites (N-methyl/N-ethyl adjacent to an activating group) is 1. The number of nitrogen functional groups attached to an aromatic ring is 1. The number of ether oxygens (including phenoxy) is 1. The molecule has 224 valence electrons. The summed E-state index contributed by atoms with van der Waals surface area (Å²) >= 11 is 1.58. The fourth-order valence-corrected chi connectivity index (χ4v) is 6.31. The Morgan fingerprint density at radius 3 is 2.60 bits per heavy atom. The molecule has 2 aliphatic rings. The first-order valence-electron chi connectivity index (χ1n) is 14.2. The maximum absolute atomic E-state index is 9.00. The first kappa shape index (κ1) is 29.7. The van der Waals surface area contributed by atoms with Gasteiger partial charge in [0.1, 0.15) is 17.4 Å². The van der Waals surface area contributed by atoms with Crippen molar-refractivity contribution in [2.45, 2.75) is 51.1 Å². The summed E-state index contributed by atoms with van der Waals surface area (Å²) in [5.74, 6) is 1.52. The molecule has 5 N–H and O–H groups in total. The molecule has 0 atom stereocenters. The molecular weight excluding hydrogens is 554 g/mol. The van der Waals surface area contributed by atoms with Crippen molar-refractivity contribution in [1.29, 1.82) is 0 Å². The van der Waals surface area contributed by atoms with Crippen molar-refractivity contribution in [3.05, 3.63) is 40.6 Å². The predicted octanol–water partition coefficient (Wildman–Crippen LogP) is 4.04. The van der Waals surface area contributed by atoms with Gasteiger partial charge < -0.3 is 25.8 Å². The topological polar surface area (TPSA) is 158 Å². The number of H-pyrrole nitrogens is 1. The van der Waals surface area contributed by atoms with Gasteiger partial charge in [-0.1, -0.05) is 6.07 Å². The Hall–Kier alpha value is -3.81. The number of anilines is 2. The molecule has 4 aromatic rings. The van der Waals surface area contributed by atoms with Crippen molar-refractivity contribution in [1.82, 2.24) is 34.9 Å². The van der Waals surface area contributed by atoms with E-state index in [1.54, 1.807) is 18.4 Å². The molecule has 6 rings (SSSR count). The van der Waals surface area contributed by atoms with Crippen molar-refractivity contribution >= 4 is 39.8 Å². The Labute approximate surface area is 249 Å². The number of piperazine rings is 1. The van der Waals surface area contributed by atoms with Crippen molar-refractivity contribution in [3.8, 4) is 17.0 Å². The molecule has 1 aliphatic heterocycles. The molecule has 13 heteroatoms. The molecule has 0 radical (unpaired) electrons. The van der Waals surface area contributed by atoms with Gasteiger partial charge in [0.2, 0.25) is 0 Å². The minimum Gasteiger partial charge on any atom is -0.495 e. The Morgan fingerprint density at radius 1 is 1.19 bits per heavy atom. The van der Waals surface area contributed by atoms with E-state index in [1.165, 1.54) is 25.9 Å². The molecular formula is C29H39N9O3S. The highest BCUT2D eigenvalue weighted by atomic mass is 32.1. The van der Waals surface area contributed by atoms with E-state index in [4.69, 9.17) is 30.3 Å². The summed E-state index contributed by atoms with van der Waals surface area (Å²) in [6.45, 7) is 6.38. The van der Waals surface area contributed by atoms with Gasteiger partial charge in [0.25, 0.3) is 5.97 Å². The molecule has 0 bridgehead atoms. The molecule has 12 nitrogen and oxygen atoms in total. The summed E-state index contributed by atoms with van der Waals surface area (Å²) in [4.78, 5) is 28.1. The van der Waals surface area contributed by atoms with Gasteiger partial charge in [0, 0.05) is 56.0 Å². The number of benzene rings is 1. The smallest absolute Gasteiger partial charge is 0.300 e. The van der Waals surface area contributed by atoms with E-state index in [2.05, 4.69) is 37.3 Å². The average molecular weight is 594 g/mol. The number of methoxy groups -OCH3 is 1. The van der Waals surface area contributed by atoms with Crippen LogP contribution in [0.2, 0.25) is 0 Å². The zero-order valence-electron chi connectivity index (χ0n) is 24.3. The number of carboxylic acid groups (broad SMARTS) is 1. The highest BCUT2D eigenvalue weighted by Gasteiger charge is 2.30. The fourth-order valence-electron chi connectivity index (χ4n) is 5.75. The lowest BCUT2D eigenvalue weighted by Crippen LogP contribution is -2.49. The Balaban J connectivity index is 0.000000830. The van der Waals surface area contributed by atoms with Gasteiger partial charge in [0.15, 0.2) is 5.65 Å². The molecule has 0 amide bonds. The molecule has 1 aromatic carbocycles. The van der Waals surface area contributed by atoms with Gasteiger partial charge >= 0.3 is 0 Å². The zero-order valence-corrected chi connectivity index (χ0v) is 25.2. The van der Waals surface area contributed by atoms with E-state index in [-0.39, 0.29) is 0 Å². The lowest BCUT2D eigenvalue weighted by molar-refractivity contribution is -0.134. The van der Waals surface area contributed by atoms with E-state index < -0.39 is 5.97 Å². The van der Waals surface area contributed by atoms with Gasteiger partial charge in [-0.05, 0) is 44.9 Å². The third-order valence-corrected chi connectivity index (χ3v) is 8.64. The maximum Gasteiger partial charge on any atom is 0.300 e. The van der Waals surface area contributed by atoms with Gasteiger partial charge in [-0.2, -0.15) is 5.10 Å². The number of nitrogens with two attached hydrogens (primary N) is 1. The Kier molecular flexibility index (Phi) is 9.50. The van der Waals surface area contributed by atoms with Crippen LogP contribution in [0.3, 0.4) is 0 Å². The van der Waals surface area contributed by atoms with Crippen LogP contribution in [0.1, 0.15) is 50.0 Å². The standard InChI is InChI=1S/C27H35N9OS.C2H4O2/c1-35-9-11-36(12-10-35)20-6-3-17(4-7-20)26-31-25(28)23-24(33-34-27(23)32-26)18-5-8-21(22(13-18)37-2)29-14-19-15-38-16-30-19;1-2(3)4/h5,8,13,15-17,20,29H,3-4,6-7,9-12,14H2,1-2H3,(H3,28,31,32,33,34);1H3,(H,3,4). The summed E-state index contributed by atoms with van der Waals surface area (Å²) in [7, 11) is 3.88. The van der Waals surface area contributed by atoms with Crippen LogP contribution in [0.25, 0.3) is 22.3 Å². The van der Waals surface area contributed by atoms with Gasteiger partial charge in [0.05, 0.1) is 41.6 Å². The van der Waals surface area contributed by atoms with E-state index in [0.29, 0.717) is 30.0 Å². The third kappa shape index (κ3) is 6.97. The first-order chi connectivity index (χ1) is 20.3. The van der Waals surface area contributed by atoms with Gasteiger partial charge in [-0.25, -0.2) is 15.0 Å². The number of hydrogen-bond acceptors (Lipinski definition) is 11. The molecule has 0 spiro atoms. The largest absolute Gasteiger partial charge is 0.495 e. The van der Waals surface area contributed by atoms with Crippen molar-refractivity contribution in [3.63, 3.8) is 0 Å². The summed E-state index contributed by atoms with van der Waals surface area (Å²) in [6, 6.07) is 6.67. The number of aromatic nitrogens is 5. The molecule has 3 aromatic heterocycles. The van der Waals surface area contributed by atoms with Crippen LogP contribution in [0, 0.1) is 0 Å². The number of thiazole rings is 1. The number of hydrogen-bond donors (Lipinski definition) is 4. The number of carbonyl (C=O) groups is 1. The van der Waals surface area contributed by atoms with Crippen LogP contribution in [0.5, 0.6) is 5.75 Å². The SMILES string of the molecule is CC(=O)O.COc1cc(-c2[nH]nc3nc(C4CCC(N5CCN(C)CC5)CC4)nc(N)c23)ccc1NCc1cscn1. The monoisotopic (exact) mass is 593 g/mol. The van der Waals surface area contributed by atoms with E-state index >= 15 is 0 Å². The minimum atomic E-state index is -0.833. The second-order valence-electron chi connectivity index (χ2n) is 10.9. The van der Waals surface area contributed by atoms with Gasteiger partial charge in [-0.3, -0.25) is 14.8 Å². The van der Waals surface area contributed by atoms with Crippen LogP contribution in [-0.4, -0.2) is 92.4 Å². The Morgan fingerprint density at radius 2 is 1.93 bits per heavy atom. The molecule has 1 saturated heterocycles. The number of rotatable bonds is 7. The number of aromatic amines is 1. The van der Waals surface area contributed by atoms with E-state index in [0.717, 1.165) is 72.5 Å². The zero-order chi connectivity index (χ0) is 29.6. The molecule has 0 unspecified atom stereocenters. The molecule has 1 aliphatic carbocycles. The minimum absolute atomic E-state index is 0.328. The second-order valence-corrected chi connectivity index (χ2v) is 11.6. The van der Waals surface area contributed by atoms with Crippen LogP contribution < -0.4 is 15.8 Å². The molecule has 2 fully saturated rings. The Bertz CT molecular complexity index is 1470. The van der Waals surface area contributed by atoms with Crippen LogP contribution >= 0.6 is 11.3 Å². The number of carboxylic acids is 1. The average Bonchev–Trinajstić information content (AvgIpc) is 3.67. The second kappa shape index (κ2) is 13.4. The number of aliphatic carboxylic acids is 1. The number of nitrogens with zero attached hydrogens (tertiary/aromatic N) is 6. The molecule has 1 saturated carbocycles. The first-order valence-corrected chi connectivity index (χ1v) is 15.2. The van der Waals surface area contributed by atoms with Gasteiger partial charge in [-0.15, -0.1) is 11.3 Å². The van der Waals surface area contributed by atoms with Crippen molar-refractivity contribution in [2.75, 3.05) is 51.4 Å². The molecule has 4 heterocycles. The maximum atomic E-state index is 9.00. The highest BCUT2D eigenvalue weighted by molar-refractivity contribution is 7.07. The number of fused-ring (bicyclic) bond motifs is 1. The van der Waals surface area contributed by atoms with Crippen molar-refractivity contribution < 1.29 is 14.6 Å². The van der Waals surface area contributed by atoms with E-state index in [1.807, 2.05) is 29.1 Å². The van der Waals surface area contributed by atoms with Crippen LogP contribution in [0.15, 0.2) is 29.1 Å². The summed E-state index contributed by atoms with van der Waals surface area (Å²) in [5, 5.41) is 21.3. The lowest BCUT2D eigenvalue weighted by atomic mass is 9.84. The fraction of sp³-hybridized carbons (Fsp3) is 0.483. The lowest BCUT2D eigenvalue weighted by Gasteiger charge is -2.40. The number of nitrogens with one attached hydrogen (secondary N) is 2. The van der Waals surface area contributed by atoms with Crippen LogP contribution in [-0.2, 0) is 11.3 Å². The predicted molar refractivity (Wildman–Crippen MR) is 165 cm³/mol. The third-order valence-electron chi connectivity index (χ3n) is 8.01. The normalized spacial score (nSPS) is 19.7. The summed E-state index contributed by atoms with van der Waals surface area (Å²) in [5.41, 5.74) is 12.6. The highest BCUT2D eigenvalue weighted by Crippen LogP contribution is 2.38. The quantitative estimate of drug-likeness (QED) is 0.245. The van der Waals surface area contributed by atoms with Crippen molar-refractivity contribution in [2.24, 2.45) is 0 Å². The summed E-state index contributed by atoms with van der Waals surface area (Å²) < 4.78 is 5.67. The summed E-state index contributed by atoms with van der Waals surface area (Å²) in [6.07, 6.45) is 4.55. The van der Waals surface area contributed by atoms with Crippen LogP contribution in [0.4, 0.5) is 11.5 Å². The molecule has 42 heavy (non-hydrogen) atoms.